The summed E-state index contributed by atoms with van der Waals surface area (Å²) in [5.41, 5.74) is 0. The number of nitrogens with zero attached hydrogens (tertiary/aromatic N) is 1. The van der Waals surface area contributed by atoms with Crippen molar-refractivity contribution in [2.24, 2.45) is 17.8 Å². The second-order valence-electron chi connectivity index (χ2n) is 3.91. The third-order valence-electron chi connectivity index (χ3n) is 3.08. The fourth-order valence-corrected chi connectivity index (χ4v) is 2.55. The summed E-state index contributed by atoms with van der Waals surface area (Å²) in [5, 5.41) is 0. The molecule has 0 heterocycles. The molecule has 2 aliphatic carbocycles. The normalized spacial score (nSPS) is 54.7. The maximum absolute atomic E-state index is 2.39. The van der Waals surface area contributed by atoms with Crippen LogP contribution in [0.1, 0.15) is 13.3 Å². The molecule has 1 heteroatoms. The molecule has 0 radical (unpaired) electrons. The Morgan fingerprint density at radius 3 is 2.11 bits per heavy atom. The zero-order valence-corrected chi connectivity index (χ0v) is 6.46. The summed E-state index contributed by atoms with van der Waals surface area (Å²) in [6.07, 6.45) is 1.49. The lowest BCUT2D eigenvalue weighted by molar-refractivity contribution is 0.314. The topological polar surface area (TPSA) is 3.24 Å². The van der Waals surface area contributed by atoms with Crippen LogP contribution in [0.25, 0.3) is 0 Å². The van der Waals surface area contributed by atoms with E-state index in [-0.39, 0.29) is 0 Å². The van der Waals surface area contributed by atoms with Gasteiger partial charge in [0.15, 0.2) is 0 Å². The summed E-state index contributed by atoms with van der Waals surface area (Å²) in [7, 11) is 4.41. The predicted octanol–water partition coefficient (Wildman–Crippen LogP) is 1.20. The minimum absolute atomic E-state index is 0.958. The Morgan fingerprint density at radius 1 is 1.33 bits per heavy atom. The van der Waals surface area contributed by atoms with Crippen LogP contribution < -0.4 is 0 Å². The van der Waals surface area contributed by atoms with Crippen molar-refractivity contribution >= 4 is 0 Å². The van der Waals surface area contributed by atoms with Gasteiger partial charge in [0, 0.05) is 6.04 Å². The van der Waals surface area contributed by atoms with Gasteiger partial charge in [-0.3, -0.25) is 0 Å². The minimum Gasteiger partial charge on any atom is -0.306 e. The molecule has 4 unspecified atom stereocenters. The first-order valence-corrected chi connectivity index (χ1v) is 3.88. The molecule has 9 heavy (non-hydrogen) atoms. The van der Waals surface area contributed by atoms with E-state index in [4.69, 9.17) is 0 Å². The van der Waals surface area contributed by atoms with Crippen molar-refractivity contribution in [1.82, 2.24) is 4.90 Å². The van der Waals surface area contributed by atoms with Crippen LogP contribution in [-0.2, 0) is 0 Å². The number of hydrogen-bond acceptors (Lipinski definition) is 1. The van der Waals surface area contributed by atoms with E-state index in [1.54, 1.807) is 0 Å². The quantitative estimate of drug-likeness (QED) is 0.509. The molecule has 0 saturated heterocycles. The molecule has 52 valence electrons. The fourth-order valence-electron chi connectivity index (χ4n) is 2.55. The van der Waals surface area contributed by atoms with Gasteiger partial charge in [-0.1, -0.05) is 6.92 Å². The molecular weight excluding hydrogens is 110 g/mol. The van der Waals surface area contributed by atoms with Gasteiger partial charge in [-0.25, -0.2) is 0 Å². The van der Waals surface area contributed by atoms with Gasteiger partial charge in [0.05, 0.1) is 0 Å². The molecule has 2 fully saturated rings. The summed E-state index contributed by atoms with van der Waals surface area (Å²) in [6, 6.07) is 0.958. The molecule has 0 aromatic carbocycles. The van der Waals surface area contributed by atoms with Crippen molar-refractivity contribution in [2.45, 2.75) is 19.4 Å². The van der Waals surface area contributed by atoms with Crippen molar-refractivity contribution < 1.29 is 0 Å². The van der Waals surface area contributed by atoms with Crippen molar-refractivity contribution in [2.75, 3.05) is 14.1 Å². The van der Waals surface area contributed by atoms with Gasteiger partial charge in [0.2, 0.25) is 0 Å². The van der Waals surface area contributed by atoms with E-state index in [9.17, 15) is 0 Å². The smallest absolute Gasteiger partial charge is 0.0155 e. The van der Waals surface area contributed by atoms with E-state index >= 15 is 0 Å². The van der Waals surface area contributed by atoms with Crippen LogP contribution in [0.15, 0.2) is 0 Å². The molecule has 0 aliphatic heterocycles. The summed E-state index contributed by atoms with van der Waals surface area (Å²) in [5.74, 6) is 3.21. The second kappa shape index (κ2) is 1.51. The first-order chi connectivity index (χ1) is 4.22. The Balaban J connectivity index is 1.95. The third kappa shape index (κ3) is 0.586. The van der Waals surface area contributed by atoms with Crippen LogP contribution in [0.4, 0.5) is 0 Å². The SMILES string of the molecule is CC1CC2C1C2N(C)C. The summed E-state index contributed by atoms with van der Waals surface area (Å²) in [6.45, 7) is 2.38. The van der Waals surface area contributed by atoms with Gasteiger partial charge in [-0.15, -0.1) is 0 Å². The molecule has 0 aromatic rings. The van der Waals surface area contributed by atoms with Crippen molar-refractivity contribution in [3.05, 3.63) is 0 Å². The van der Waals surface area contributed by atoms with Crippen LogP contribution in [0.2, 0.25) is 0 Å². The summed E-state index contributed by atoms with van der Waals surface area (Å²) in [4.78, 5) is 2.39. The maximum atomic E-state index is 2.39. The molecule has 0 N–H and O–H groups in total. The maximum Gasteiger partial charge on any atom is 0.0155 e. The molecule has 0 amide bonds. The van der Waals surface area contributed by atoms with Gasteiger partial charge in [-0.2, -0.15) is 0 Å². The Labute approximate surface area is 57.0 Å². The van der Waals surface area contributed by atoms with Gasteiger partial charge >= 0.3 is 0 Å². The Morgan fingerprint density at radius 2 is 2.00 bits per heavy atom. The Bertz CT molecular complexity index is 131. The molecule has 2 rings (SSSR count). The van der Waals surface area contributed by atoms with Crippen molar-refractivity contribution in [3.8, 4) is 0 Å². The summed E-state index contributed by atoms with van der Waals surface area (Å²) < 4.78 is 0. The number of fused-ring (bicyclic) bond motifs is 1. The second-order valence-corrected chi connectivity index (χ2v) is 3.91. The average molecular weight is 125 g/mol. The van der Waals surface area contributed by atoms with E-state index in [0.717, 1.165) is 23.8 Å². The predicted molar refractivity (Wildman–Crippen MR) is 38.2 cm³/mol. The molecular formula is C8H15N. The van der Waals surface area contributed by atoms with Gasteiger partial charge < -0.3 is 4.90 Å². The molecule has 0 spiro atoms. The minimum atomic E-state index is 0.958. The zero-order valence-electron chi connectivity index (χ0n) is 6.46. The van der Waals surface area contributed by atoms with E-state index < -0.39 is 0 Å². The number of rotatable bonds is 1. The lowest BCUT2D eigenvalue weighted by atomic mass is 9.88. The van der Waals surface area contributed by atoms with E-state index in [0.29, 0.717) is 0 Å². The van der Waals surface area contributed by atoms with E-state index in [1.165, 1.54) is 6.42 Å². The molecule has 2 aliphatic rings. The van der Waals surface area contributed by atoms with Gasteiger partial charge in [0.25, 0.3) is 0 Å². The summed E-state index contributed by atoms with van der Waals surface area (Å²) >= 11 is 0. The lowest BCUT2D eigenvalue weighted by Crippen LogP contribution is -2.16. The largest absolute Gasteiger partial charge is 0.306 e. The molecule has 4 atom stereocenters. The van der Waals surface area contributed by atoms with Gasteiger partial charge in [-0.05, 0) is 38.3 Å². The molecule has 1 nitrogen and oxygen atoms in total. The van der Waals surface area contributed by atoms with Crippen molar-refractivity contribution in [3.63, 3.8) is 0 Å². The van der Waals surface area contributed by atoms with Crippen molar-refractivity contribution in [1.29, 1.82) is 0 Å². The zero-order chi connectivity index (χ0) is 6.59. The van der Waals surface area contributed by atoms with E-state index in [1.807, 2.05) is 0 Å². The Hall–Kier alpha value is -0.0400. The van der Waals surface area contributed by atoms with Crippen LogP contribution in [-0.4, -0.2) is 25.0 Å². The monoisotopic (exact) mass is 125 g/mol. The average Bonchev–Trinajstić information content (AvgIpc) is 2.35. The Kier molecular flexibility index (Phi) is 0.963. The molecule has 0 bridgehead atoms. The fraction of sp³-hybridized carbons (Fsp3) is 1.00. The third-order valence-corrected chi connectivity index (χ3v) is 3.08. The van der Waals surface area contributed by atoms with Crippen LogP contribution in [0, 0.1) is 17.8 Å². The van der Waals surface area contributed by atoms with Gasteiger partial charge in [0.1, 0.15) is 0 Å². The number of hydrogen-bond donors (Lipinski definition) is 0. The van der Waals surface area contributed by atoms with Crippen LogP contribution in [0.5, 0.6) is 0 Å². The van der Waals surface area contributed by atoms with Crippen LogP contribution in [0.3, 0.4) is 0 Å². The highest BCUT2D eigenvalue weighted by molar-refractivity contribution is 5.13. The lowest BCUT2D eigenvalue weighted by Gasteiger charge is -2.17. The highest BCUT2D eigenvalue weighted by Gasteiger charge is 2.61. The van der Waals surface area contributed by atoms with E-state index in [2.05, 4.69) is 25.9 Å². The standard InChI is InChI=1S/C8H15N/c1-5-4-6-7(5)8(6)9(2)3/h5-8H,4H2,1-3H3. The highest BCUT2D eigenvalue weighted by atomic mass is 15.2. The first kappa shape index (κ1) is 5.72. The van der Waals surface area contributed by atoms with Crippen LogP contribution >= 0.6 is 0 Å². The molecule has 0 aromatic heterocycles. The highest BCUT2D eigenvalue weighted by Crippen LogP contribution is 2.61. The molecule has 2 saturated carbocycles. The first-order valence-electron chi connectivity index (χ1n) is 3.88.